The molecule has 1 fully saturated rings. The Morgan fingerprint density at radius 2 is 2.05 bits per heavy atom. The molecule has 108 valence electrons. The number of imide groups is 1. The molecule has 1 unspecified atom stereocenters. The SMILES string of the molecule is C[NH+](CC(=O)NC(=O)NC1CC1)Cc1ccccc1F. The first-order chi connectivity index (χ1) is 9.54. The molecule has 0 heterocycles. The maximum Gasteiger partial charge on any atom is 0.321 e. The Morgan fingerprint density at radius 3 is 2.70 bits per heavy atom. The number of quaternary nitrogens is 1. The molecule has 6 heteroatoms. The van der Waals surface area contributed by atoms with E-state index in [1.54, 1.807) is 25.2 Å². The van der Waals surface area contributed by atoms with Gasteiger partial charge < -0.3 is 10.2 Å². The van der Waals surface area contributed by atoms with Crippen LogP contribution in [0.1, 0.15) is 18.4 Å². The van der Waals surface area contributed by atoms with Crippen LogP contribution < -0.4 is 15.5 Å². The van der Waals surface area contributed by atoms with Gasteiger partial charge in [-0.25, -0.2) is 9.18 Å². The number of nitrogens with one attached hydrogen (secondary N) is 3. The summed E-state index contributed by atoms with van der Waals surface area (Å²) in [5.41, 5.74) is 0.556. The lowest BCUT2D eigenvalue weighted by Crippen LogP contribution is -3.09. The van der Waals surface area contributed by atoms with E-state index in [0.717, 1.165) is 17.7 Å². The van der Waals surface area contributed by atoms with Crippen molar-refractivity contribution in [2.45, 2.75) is 25.4 Å². The molecule has 1 atom stereocenters. The van der Waals surface area contributed by atoms with Gasteiger partial charge in [0.25, 0.3) is 5.91 Å². The highest BCUT2D eigenvalue weighted by Crippen LogP contribution is 2.18. The monoisotopic (exact) mass is 280 g/mol. The molecule has 0 spiro atoms. The molecular formula is C14H19FN3O2+. The standard InChI is InChI=1S/C14H18FN3O2/c1-18(8-10-4-2-3-5-12(10)15)9-13(19)17-14(20)16-11-6-7-11/h2-5,11H,6-9H2,1H3,(H2,16,17,19,20)/p+1. The van der Waals surface area contributed by atoms with Crippen LogP contribution in [0, 0.1) is 5.82 Å². The van der Waals surface area contributed by atoms with Gasteiger partial charge in [0.05, 0.1) is 7.05 Å². The van der Waals surface area contributed by atoms with Crippen LogP contribution in [-0.2, 0) is 11.3 Å². The number of likely N-dealkylation sites (N-methyl/N-ethyl adjacent to an activating group) is 1. The van der Waals surface area contributed by atoms with Crippen molar-refractivity contribution in [3.8, 4) is 0 Å². The third-order valence-corrected chi connectivity index (χ3v) is 3.08. The number of urea groups is 1. The van der Waals surface area contributed by atoms with Crippen molar-refractivity contribution in [3.63, 3.8) is 0 Å². The molecule has 0 saturated heterocycles. The molecule has 2 rings (SSSR count). The number of hydrogen-bond acceptors (Lipinski definition) is 2. The van der Waals surface area contributed by atoms with E-state index in [-0.39, 0.29) is 24.3 Å². The van der Waals surface area contributed by atoms with Gasteiger partial charge in [-0.15, -0.1) is 0 Å². The van der Waals surface area contributed by atoms with E-state index >= 15 is 0 Å². The quantitative estimate of drug-likeness (QED) is 0.701. The van der Waals surface area contributed by atoms with Crippen LogP contribution in [0.2, 0.25) is 0 Å². The second-order valence-corrected chi connectivity index (χ2v) is 5.20. The summed E-state index contributed by atoms with van der Waals surface area (Å²) in [6, 6.07) is 6.24. The summed E-state index contributed by atoms with van der Waals surface area (Å²) < 4.78 is 13.5. The van der Waals surface area contributed by atoms with Gasteiger partial charge in [0.2, 0.25) is 0 Å². The van der Waals surface area contributed by atoms with Gasteiger partial charge >= 0.3 is 6.03 Å². The second-order valence-electron chi connectivity index (χ2n) is 5.20. The summed E-state index contributed by atoms with van der Waals surface area (Å²) in [5.74, 6) is -0.643. The normalized spacial score (nSPS) is 15.5. The van der Waals surface area contributed by atoms with Gasteiger partial charge in [0, 0.05) is 11.6 Å². The summed E-state index contributed by atoms with van der Waals surface area (Å²) in [6.45, 7) is 0.511. The molecule has 0 aliphatic heterocycles. The summed E-state index contributed by atoms with van der Waals surface area (Å²) in [5, 5.41) is 4.96. The molecular weight excluding hydrogens is 261 g/mol. The lowest BCUT2D eigenvalue weighted by molar-refractivity contribution is -0.885. The first-order valence-electron chi connectivity index (χ1n) is 6.69. The first kappa shape index (κ1) is 14.5. The molecule has 3 N–H and O–H groups in total. The topological polar surface area (TPSA) is 62.6 Å². The Bertz CT molecular complexity index is 503. The summed E-state index contributed by atoms with van der Waals surface area (Å²) >= 11 is 0. The van der Waals surface area contributed by atoms with Gasteiger partial charge in [-0.1, -0.05) is 18.2 Å². The summed E-state index contributed by atoms with van der Waals surface area (Å²) in [4.78, 5) is 23.9. The van der Waals surface area contributed by atoms with E-state index in [1.807, 2.05) is 0 Å². The number of rotatable bonds is 5. The fraction of sp³-hybridized carbons (Fsp3) is 0.429. The molecule has 1 aliphatic rings. The Morgan fingerprint density at radius 1 is 1.35 bits per heavy atom. The third-order valence-electron chi connectivity index (χ3n) is 3.08. The molecule has 0 bridgehead atoms. The van der Waals surface area contributed by atoms with Gasteiger partial charge in [0.15, 0.2) is 6.54 Å². The summed E-state index contributed by atoms with van der Waals surface area (Å²) in [7, 11) is 1.78. The predicted octanol–water partition coefficient (Wildman–Crippen LogP) is -0.171. The molecule has 1 aromatic carbocycles. The van der Waals surface area contributed by atoms with Crippen LogP contribution in [0.5, 0.6) is 0 Å². The fourth-order valence-corrected chi connectivity index (χ4v) is 1.92. The van der Waals surface area contributed by atoms with Gasteiger partial charge in [-0.3, -0.25) is 10.1 Å². The number of benzene rings is 1. The molecule has 1 aliphatic carbocycles. The van der Waals surface area contributed by atoms with Crippen LogP contribution in [0.15, 0.2) is 24.3 Å². The Labute approximate surface area is 117 Å². The average Bonchev–Trinajstić information content (AvgIpc) is 3.15. The third kappa shape index (κ3) is 4.62. The minimum Gasteiger partial charge on any atom is -0.335 e. The van der Waals surface area contributed by atoms with E-state index in [2.05, 4.69) is 10.6 Å². The summed E-state index contributed by atoms with van der Waals surface area (Å²) in [6.07, 6.45) is 1.94. The van der Waals surface area contributed by atoms with E-state index in [1.165, 1.54) is 6.07 Å². The van der Waals surface area contributed by atoms with Gasteiger partial charge in [-0.2, -0.15) is 0 Å². The van der Waals surface area contributed by atoms with Crippen LogP contribution >= 0.6 is 0 Å². The van der Waals surface area contributed by atoms with Crippen molar-refractivity contribution in [2.24, 2.45) is 0 Å². The van der Waals surface area contributed by atoms with Crippen molar-refractivity contribution in [3.05, 3.63) is 35.6 Å². The van der Waals surface area contributed by atoms with Crippen molar-refractivity contribution in [1.82, 2.24) is 10.6 Å². The van der Waals surface area contributed by atoms with Crippen LogP contribution in [-0.4, -0.2) is 31.6 Å². The number of carbonyl (C=O) groups excluding carboxylic acids is 2. The van der Waals surface area contributed by atoms with E-state index < -0.39 is 6.03 Å². The number of hydrogen-bond donors (Lipinski definition) is 3. The van der Waals surface area contributed by atoms with E-state index in [9.17, 15) is 14.0 Å². The van der Waals surface area contributed by atoms with Gasteiger partial charge in [-0.05, 0) is 18.9 Å². The van der Waals surface area contributed by atoms with Crippen molar-refractivity contribution < 1.29 is 18.9 Å². The maximum atomic E-state index is 13.5. The van der Waals surface area contributed by atoms with E-state index in [0.29, 0.717) is 12.1 Å². The highest BCUT2D eigenvalue weighted by atomic mass is 19.1. The van der Waals surface area contributed by atoms with Crippen LogP contribution in [0.4, 0.5) is 9.18 Å². The smallest absolute Gasteiger partial charge is 0.321 e. The molecule has 0 aromatic heterocycles. The fourth-order valence-electron chi connectivity index (χ4n) is 1.92. The Balaban J connectivity index is 1.75. The average molecular weight is 280 g/mol. The Kier molecular flexibility index (Phi) is 4.68. The highest BCUT2D eigenvalue weighted by Gasteiger charge is 2.24. The molecule has 5 nitrogen and oxygen atoms in total. The molecule has 0 radical (unpaired) electrons. The molecule has 1 saturated carbocycles. The second kappa shape index (κ2) is 6.47. The number of halogens is 1. The maximum absolute atomic E-state index is 13.5. The van der Waals surface area contributed by atoms with Crippen molar-refractivity contribution >= 4 is 11.9 Å². The Hall–Kier alpha value is -1.95. The number of carbonyl (C=O) groups is 2. The van der Waals surface area contributed by atoms with Crippen LogP contribution in [0.25, 0.3) is 0 Å². The predicted molar refractivity (Wildman–Crippen MR) is 71.6 cm³/mol. The molecule has 1 aromatic rings. The first-order valence-corrected chi connectivity index (χ1v) is 6.69. The zero-order valence-corrected chi connectivity index (χ0v) is 11.4. The zero-order chi connectivity index (χ0) is 14.5. The highest BCUT2D eigenvalue weighted by molar-refractivity contribution is 5.94. The largest absolute Gasteiger partial charge is 0.335 e. The van der Waals surface area contributed by atoms with Crippen LogP contribution in [0.3, 0.4) is 0 Å². The lowest BCUT2D eigenvalue weighted by Gasteiger charge is -2.14. The zero-order valence-electron chi connectivity index (χ0n) is 11.4. The minimum atomic E-state index is -0.448. The van der Waals surface area contributed by atoms with Gasteiger partial charge in [0.1, 0.15) is 12.4 Å². The molecule has 3 amide bonds. The van der Waals surface area contributed by atoms with E-state index in [4.69, 9.17) is 0 Å². The van der Waals surface area contributed by atoms with Crippen molar-refractivity contribution in [1.29, 1.82) is 0 Å². The molecule has 20 heavy (non-hydrogen) atoms. The van der Waals surface area contributed by atoms with Crippen molar-refractivity contribution in [2.75, 3.05) is 13.6 Å². The minimum absolute atomic E-state index is 0.117. The number of amides is 3. The lowest BCUT2D eigenvalue weighted by atomic mass is 10.2.